The minimum absolute atomic E-state index is 0.0521. The van der Waals surface area contributed by atoms with E-state index in [-0.39, 0.29) is 11.3 Å². The summed E-state index contributed by atoms with van der Waals surface area (Å²) >= 11 is 0. The summed E-state index contributed by atoms with van der Waals surface area (Å²) in [6.45, 7) is 7.17. The SMILES string of the molecule is Cc1cccc(P(c2ccccc2)c2ccccc2)c1C1C(P(c2ccccc2)c2ccccc2)=CC=CC1(C)C. The number of benzene rings is 5. The fourth-order valence-electron chi connectivity index (χ4n) is 6.11. The summed E-state index contributed by atoms with van der Waals surface area (Å²) in [6, 6.07) is 51.6. The quantitative estimate of drug-likeness (QED) is 0.173. The highest BCUT2D eigenvalue weighted by atomic mass is 31.1. The first-order valence-corrected chi connectivity index (χ1v) is 17.0. The Bertz CT molecular complexity index is 1570. The van der Waals surface area contributed by atoms with Crippen molar-refractivity contribution in [2.75, 3.05) is 0 Å². The van der Waals surface area contributed by atoms with Crippen LogP contribution in [0.4, 0.5) is 0 Å². The lowest BCUT2D eigenvalue weighted by atomic mass is 9.71. The van der Waals surface area contributed by atoms with Crippen LogP contribution in [0, 0.1) is 12.3 Å². The van der Waals surface area contributed by atoms with Gasteiger partial charge in [-0.2, -0.15) is 0 Å². The molecule has 0 bridgehead atoms. The van der Waals surface area contributed by atoms with Crippen molar-refractivity contribution in [1.29, 1.82) is 0 Å². The number of hydrogen-bond donors (Lipinski definition) is 0. The first kappa shape index (κ1) is 27.6. The van der Waals surface area contributed by atoms with Crippen molar-refractivity contribution in [3.8, 4) is 0 Å². The highest BCUT2D eigenvalue weighted by molar-refractivity contribution is 7.80. The van der Waals surface area contributed by atoms with E-state index in [0.29, 0.717) is 0 Å². The van der Waals surface area contributed by atoms with Crippen molar-refractivity contribution < 1.29 is 0 Å². The van der Waals surface area contributed by atoms with Gasteiger partial charge in [0.25, 0.3) is 0 Å². The molecule has 0 fully saturated rings. The van der Waals surface area contributed by atoms with Crippen LogP contribution in [-0.4, -0.2) is 0 Å². The lowest BCUT2D eigenvalue weighted by Crippen LogP contribution is -2.33. The lowest BCUT2D eigenvalue weighted by Gasteiger charge is -2.42. The van der Waals surface area contributed by atoms with Crippen molar-refractivity contribution in [1.82, 2.24) is 0 Å². The number of allylic oxidation sites excluding steroid dienone is 4. The van der Waals surface area contributed by atoms with E-state index < -0.39 is 15.8 Å². The minimum atomic E-state index is -0.740. The molecule has 0 heterocycles. The molecule has 1 aliphatic carbocycles. The largest absolute Gasteiger partial charge is 0.0779 e. The molecule has 202 valence electrons. The number of hydrogen-bond acceptors (Lipinski definition) is 0. The molecule has 0 aromatic heterocycles. The van der Waals surface area contributed by atoms with Crippen LogP contribution in [0.1, 0.15) is 30.9 Å². The molecule has 5 aromatic carbocycles. The first-order chi connectivity index (χ1) is 20.0. The van der Waals surface area contributed by atoms with Crippen LogP contribution in [0.3, 0.4) is 0 Å². The average Bonchev–Trinajstić information content (AvgIpc) is 3.00. The molecule has 1 unspecified atom stereocenters. The molecular formula is C39H36P2. The van der Waals surface area contributed by atoms with E-state index in [1.165, 1.54) is 43.0 Å². The van der Waals surface area contributed by atoms with E-state index in [1.807, 2.05) is 0 Å². The maximum Gasteiger partial charge on any atom is 0.0195 e. The molecule has 0 N–H and O–H groups in total. The van der Waals surface area contributed by atoms with E-state index >= 15 is 0 Å². The van der Waals surface area contributed by atoms with Gasteiger partial charge in [-0.25, -0.2) is 0 Å². The first-order valence-electron chi connectivity index (χ1n) is 14.3. The molecule has 1 aliphatic rings. The predicted octanol–water partition coefficient (Wildman–Crippen LogP) is 8.45. The Morgan fingerprint density at radius 1 is 0.512 bits per heavy atom. The minimum Gasteiger partial charge on any atom is -0.0779 e. The molecule has 41 heavy (non-hydrogen) atoms. The monoisotopic (exact) mass is 566 g/mol. The van der Waals surface area contributed by atoms with Crippen molar-refractivity contribution in [3.63, 3.8) is 0 Å². The van der Waals surface area contributed by atoms with Gasteiger partial charge < -0.3 is 0 Å². The van der Waals surface area contributed by atoms with Gasteiger partial charge in [0.15, 0.2) is 0 Å². The van der Waals surface area contributed by atoms with Gasteiger partial charge >= 0.3 is 0 Å². The van der Waals surface area contributed by atoms with Gasteiger partial charge in [0.1, 0.15) is 0 Å². The van der Waals surface area contributed by atoms with E-state index in [1.54, 1.807) is 0 Å². The van der Waals surface area contributed by atoms with Crippen molar-refractivity contribution >= 4 is 42.4 Å². The van der Waals surface area contributed by atoms with E-state index in [0.717, 1.165) is 0 Å². The zero-order chi connectivity index (χ0) is 28.2. The molecule has 2 heteroatoms. The van der Waals surface area contributed by atoms with Gasteiger partial charge in [0.05, 0.1) is 0 Å². The molecule has 0 saturated heterocycles. The maximum absolute atomic E-state index is 2.44. The average molecular weight is 567 g/mol. The van der Waals surface area contributed by atoms with Crippen LogP contribution < -0.4 is 26.5 Å². The highest BCUT2D eigenvalue weighted by Crippen LogP contribution is 2.58. The third-order valence-corrected chi connectivity index (χ3v) is 13.0. The van der Waals surface area contributed by atoms with Gasteiger partial charge in [-0.05, 0) is 71.1 Å². The van der Waals surface area contributed by atoms with Crippen molar-refractivity contribution in [2.24, 2.45) is 5.41 Å². The van der Waals surface area contributed by atoms with Crippen LogP contribution in [0.15, 0.2) is 163 Å². The number of rotatable bonds is 7. The number of aryl methyl sites for hydroxylation is 1. The van der Waals surface area contributed by atoms with Crippen LogP contribution >= 0.6 is 15.8 Å². The Balaban J connectivity index is 1.60. The maximum atomic E-state index is 2.44. The summed E-state index contributed by atoms with van der Waals surface area (Å²) < 4.78 is 0. The third-order valence-electron chi connectivity index (χ3n) is 7.98. The Kier molecular flexibility index (Phi) is 8.16. The molecule has 0 saturated carbocycles. The molecular weight excluding hydrogens is 530 g/mol. The van der Waals surface area contributed by atoms with Crippen LogP contribution in [0.5, 0.6) is 0 Å². The van der Waals surface area contributed by atoms with Crippen LogP contribution in [0.2, 0.25) is 0 Å². The third kappa shape index (κ3) is 5.65. The zero-order valence-electron chi connectivity index (χ0n) is 24.0. The van der Waals surface area contributed by atoms with Gasteiger partial charge in [0.2, 0.25) is 0 Å². The summed E-state index contributed by atoms with van der Waals surface area (Å²) in [5.41, 5.74) is 2.81. The summed E-state index contributed by atoms with van der Waals surface area (Å²) in [5, 5.41) is 8.58. The standard InChI is InChI=1S/C39H36P2/c1-30-18-16-27-35(40(31-19-8-4-9-20-31)32-21-10-5-11-22-32)37(30)38-36(28-17-29-39(38,2)3)41(33-23-12-6-13-24-33)34-25-14-7-15-26-34/h4-29,38H,1-3H3. The molecule has 0 amide bonds. The molecule has 0 nitrogen and oxygen atoms in total. The molecule has 0 aliphatic heterocycles. The van der Waals surface area contributed by atoms with Crippen molar-refractivity contribution in [3.05, 3.63) is 174 Å². The summed E-state index contributed by atoms with van der Waals surface area (Å²) in [7, 11) is -1.47. The lowest BCUT2D eigenvalue weighted by molar-refractivity contribution is 0.417. The normalized spacial score (nSPS) is 16.1. The summed E-state index contributed by atoms with van der Waals surface area (Å²) in [6.07, 6.45) is 7.17. The Morgan fingerprint density at radius 3 is 1.41 bits per heavy atom. The van der Waals surface area contributed by atoms with Crippen LogP contribution in [0.25, 0.3) is 0 Å². The van der Waals surface area contributed by atoms with Gasteiger partial charge in [-0.1, -0.05) is 172 Å². The van der Waals surface area contributed by atoms with Gasteiger partial charge in [-0.15, -0.1) is 0 Å². The highest BCUT2D eigenvalue weighted by Gasteiger charge is 2.40. The van der Waals surface area contributed by atoms with Gasteiger partial charge in [0, 0.05) is 5.92 Å². The van der Waals surface area contributed by atoms with E-state index in [9.17, 15) is 0 Å². The zero-order valence-corrected chi connectivity index (χ0v) is 25.8. The van der Waals surface area contributed by atoms with E-state index in [4.69, 9.17) is 0 Å². The topological polar surface area (TPSA) is 0 Å². The second kappa shape index (κ2) is 12.1. The van der Waals surface area contributed by atoms with E-state index in [2.05, 4.69) is 179 Å². The smallest absolute Gasteiger partial charge is 0.0195 e. The van der Waals surface area contributed by atoms with Crippen molar-refractivity contribution in [2.45, 2.75) is 26.7 Å². The second-order valence-electron chi connectivity index (χ2n) is 11.2. The fourth-order valence-corrected chi connectivity index (χ4v) is 11.5. The van der Waals surface area contributed by atoms with Crippen LogP contribution in [-0.2, 0) is 0 Å². The predicted molar refractivity (Wildman–Crippen MR) is 183 cm³/mol. The Hall–Kier alpha value is -3.56. The summed E-state index contributed by atoms with van der Waals surface area (Å²) in [4.78, 5) is 0. The van der Waals surface area contributed by atoms with Gasteiger partial charge in [-0.3, -0.25) is 0 Å². The Morgan fingerprint density at radius 2 is 0.951 bits per heavy atom. The fraction of sp³-hybridized carbons (Fsp3) is 0.128. The second-order valence-corrected chi connectivity index (χ2v) is 15.6. The molecule has 5 aromatic rings. The molecule has 1 atom stereocenters. The molecule has 6 rings (SSSR count). The summed E-state index contributed by atoms with van der Waals surface area (Å²) in [5.74, 6) is 0.243. The molecule has 0 radical (unpaired) electrons. The molecule has 0 spiro atoms. The Labute approximate surface area is 248 Å².